The van der Waals surface area contributed by atoms with Crippen LogP contribution in [0, 0.1) is 16.0 Å². The van der Waals surface area contributed by atoms with Gasteiger partial charge in [0.05, 0.1) is 4.92 Å². The highest BCUT2D eigenvalue weighted by molar-refractivity contribution is 5.64. The number of nitro groups is 1. The van der Waals surface area contributed by atoms with Crippen LogP contribution in [0.4, 0.5) is 17.1 Å². The Morgan fingerprint density at radius 3 is 2.47 bits per heavy atom. The summed E-state index contributed by atoms with van der Waals surface area (Å²) in [6.07, 6.45) is 2.46. The molecule has 0 aliphatic heterocycles. The fourth-order valence-corrected chi connectivity index (χ4v) is 2.37. The van der Waals surface area contributed by atoms with Crippen molar-refractivity contribution in [1.29, 1.82) is 0 Å². The number of nitrogens with one attached hydrogen (secondary N) is 2. The zero-order valence-corrected chi connectivity index (χ0v) is 11.7. The Balaban J connectivity index is 2.25. The topological polar surface area (TPSA) is 67.2 Å². The van der Waals surface area contributed by atoms with E-state index in [2.05, 4.69) is 24.5 Å². The monoisotopic (exact) mass is 263 g/mol. The number of benzene rings is 1. The van der Waals surface area contributed by atoms with Crippen molar-refractivity contribution in [1.82, 2.24) is 0 Å². The molecular formula is C14H21N3O2. The Kier molecular flexibility index (Phi) is 3.64. The molecule has 1 fully saturated rings. The van der Waals surface area contributed by atoms with Crippen LogP contribution in [0.25, 0.3) is 0 Å². The predicted octanol–water partition coefficient (Wildman–Crippen LogP) is 3.63. The van der Waals surface area contributed by atoms with Crippen LogP contribution >= 0.6 is 0 Å². The van der Waals surface area contributed by atoms with E-state index >= 15 is 0 Å². The van der Waals surface area contributed by atoms with Crippen molar-refractivity contribution in [3.8, 4) is 0 Å². The van der Waals surface area contributed by atoms with Crippen molar-refractivity contribution in [2.45, 2.75) is 39.2 Å². The van der Waals surface area contributed by atoms with Crippen LogP contribution in [0.1, 0.15) is 33.6 Å². The summed E-state index contributed by atoms with van der Waals surface area (Å²) in [7, 11) is 0. The first-order chi connectivity index (χ1) is 8.92. The third-order valence-electron chi connectivity index (χ3n) is 3.57. The highest BCUT2D eigenvalue weighted by atomic mass is 16.6. The molecule has 2 rings (SSSR count). The standard InChI is InChI=1S/C14H21N3O2/c1-4-15-11-7-12(9-13(8-11)17(18)19)16-14(2,3)10-5-6-10/h7-10,15-16H,4-6H2,1-3H3. The van der Waals surface area contributed by atoms with Gasteiger partial charge in [-0.05, 0) is 45.6 Å². The second-order valence-corrected chi connectivity index (χ2v) is 5.68. The zero-order chi connectivity index (χ0) is 14.0. The molecule has 1 saturated carbocycles. The average molecular weight is 263 g/mol. The summed E-state index contributed by atoms with van der Waals surface area (Å²) in [6, 6.07) is 5.10. The van der Waals surface area contributed by atoms with E-state index in [9.17, 15) is 10.1 Å². The number of hydrogen-bond acceptors (Lipinski definition) is 4. The van der Waals surface area contributed by atoms with Crippen LogP contribution in [-0.4, -0.2) is 17.0 Å². The molecule has 104 valence electrons. The van der Waals surface area contributed by atoms with Crippen LogP contribution in [0.2, 0.25) is 0 Å². The quantitative estimate of drug-likeness (QED) is 0.607. The summed E-state index contributed by atoms with van der Waals surface area (Å²) in [5.41, 5.74) is 1.69. The lowest BCUT2D eigenvalue weighted by atomic mass is 9.98. The number of nitrogens with zero attached hydrogens (tertiary/aromatic N) is 1. The first-order valence-corrected chi connectivity index (χ1v) is 6.74. The van der Waals surface area contributed by atoms with Gasteiger partial charge in [0.2, 0.25) is 0 Å². The maximum absolute atomic E-state index is 11.0. The van der Waals surface area contributed by atoms with E-state index < -0.39 is 0 Å². The zero-order valence-electron chi connectivity index (χ0n) is 11.7. The number of non-ortho nitro benzene ring substituents is 1. The van der Waals surface area contributed by atoms with Gasteiger partial charge >= 0.3 is 0 Å². The number of rotatable bonds is 6. The predicted molar refractivity (Wildman–Crippen MR) is 77.7 cm³/mol. The minimum absolute atomic E-state index is 0.0152. The molecule has 1 aliphatic rings. The molecule has 0 saturated heterocycles. The number of nitro benzene ring substituents is 1. The first kappa shape index (κ1) is 13.6. The molecule has 0 amide bonds. The van der Waals surface area contributed by atoms with Crippen LogP contribution in [0.5, 0.6) is 0 Å². The molecular weight excluding hydrogens is 242 g/mol. The Hall–Kier alpha value is -1.78. The van der Waals surface area contributed by atoms with E-state index in [1.807, 2.05) is 13.0 Å². The van der Waals surface area contributed by atoms with Gasteiger partial charge in [-0.25, -0.2) is 0 Å². The van der Waals surface area contributed by atoms with Gasteiger partial charge in [0, 0.05) is 35.6 Å². The SMILES string of the molecule is CCNc1cc(NC(C)(C)C2CC2)cc([N+](=O)[O-])c1. The molecule has 0 unspecified atom stereocenters. The van der Waals surface area contributed by atoms with Crippen LogP contribution in [0.15, 0.2) is 18.2 Å². The second kappa shape index (κ2) is 5.07. The smallest absolute Gasteiger partial charge is 0.273 e. The molecule has 0 aromatic heterocycles. The Bertz CT molecular complexity index is 482. The van der Waals surface area contributed by atoms with E-state index in [0.29, 0.717) is 5.92 Å². The molecule has 2 N–H and O–H groups in total. The lowest BCUT2D eigenvalue weighted by Crippen LogP contribution is -2.33. The molecule has 1 aromatic rings. The van der Waals surface area contributed by atoms with E-state index in [1.165, 1.54) is 12.8 Å². The number of anilines is 2. The van der Waals surface area contributed by atoms with Crippen molar-refractivity contribution in [3.63, 3.8) is 0 Å². The van der Waals surface area contributed by atoms with E-state index in [0.717, 1.165) is 17.9 Å². The summed E-state index contributed by atoms with van der Waals surface area (Å²) >= 11 is 0. The van der Waals surface area contributed by atoms with Gasteiger partial charge in [0.25, 0.3) is 5.69 Å². The Labute approximate surface area is 113 Å². The van der Waals surface area contributed by atoms with Gasteiger partial charge in [-0.15, -0.1) is 0 Å². The minimum atomic E-state index is -0.351. The Morgan fingerprint density at radius 1 is 1.32 bits per heavy atom. The van der Waals surface area contributed by atoms with Crippen molar-refractivity contribution < 1.29 is 4.92 Å². The third kappa shape index (κ3) is 3.36. The molecule has 5 nitrogen and oxygen atoms in total. The van der Waals surface area contributed by atoms with E-state index in [1.54, 1.807) is 12.1 Å². The molecule has 19 heavy (non-hydrogen) atoms. The van der Waals surface area contributed by atoms with E-state index in [-0.39, 0.29) is 16.1 Å². The van der Waals surface area contributed by atoms with Gasteiger partial charge in [-0.3, -0.25) is 10.1 Å². The maximum atomic E-state index is 11.0. The first-order valence-electron chi connectivity index (χ1n) is 6.74. The van der Waals surface area contributed by atoms with Gasteiger partial charge < -0.3 is 10.6 Å². The molecule has 0 bridgehead atoms. The van der Waals surface area contributed by atoms with Crippen LogP contribution in [-0.2, 0) is 0 Å². The fourth-order valence-electron chi connectivity index (χ4n) is 2.37. The minimum Gasteiger partial charge on any atom is -0.385 e. The number of hydrogen-bond donors (Lipinski definition) is 2. The van der Waals surface area contributed by atoms with Crippen LogP contribution in [0.3, 0.4) is 0 Å². The molecule has 0 atom stereocenters. The molecule has 0 spiro atoms. The molecule has 0 radical (unpaired) electrons. The van der Waals surface area contributed by atoms with Crippen molar-refractivity contribution in [3.05, 3.63) is 28.3 Å². The molecule has 5 heteroatoms. The highest BCUT2D eigenvalue weighted by Gasteiger charge is 2.37. The van der Waals surface area contributed by atoms with Gasteiger partial charge in [0.1, 0.15) is 0 Å². The Morgan fingerprint density at radius 2 is 1.95 bits per heavy atom. The van der Waals surface area contributed by atoms with Crippen LogP contribution < -0.4 is 10.6 Å². The third-order valence-corrected chi connectivity index (χ3v) is 3.57. The van der Waals surface area contributed by atoms with Crippen molar-refractivity contribution in [2.75, 3.05) is 17.2 Å². The lowest BCUT2D eigenvalue weighted by Gasteiger charge is -2.27. The summed E-state index contributed by atoms with van der Waals surface area (Å²) in [5, 5.41) is 17.5. The summed E-state index contributed by atoms with van der Waals surface area (Å²) in [4.78, 5) is 10.6. The molecule has 1 aromatic carbocycles. The molecule has 1 aliphatic carbocycles. The summed E-state index contributed by atoms with van der Waals surface area (Å²) in [6.45, 7) is 7.01. The second-order valence-electron chi connectivity index (χ2n) is 5.68. The normalized spacial score (nSPS) is 15.1. The maximum Gasteiger partial charge on any atom is 0.273 e. The summed E-state index contributed by atoms with van der Waals surface area (Å²) < 4.78 is 0. The van der Waals surface area contributed by atoms with E-state index in [4.69, 9.17) is 0 Å². The van der Waals surface area contributed by atoms with Crippen molar-refractivity contribution in [2.24, 2.45) is 5.92 Å². The lowest BCUT2D eigenvalue weighted by molar-refractivity contribution is -0.384. The fraction of sp³-hybridized carbons (Fsp3) is 0.571. The van der Waals surface area contributed by atoms with Gasteiger partial charge in [-0.1, -0.05) is 0 Å². The van der Waals surface area contributed by atoms with Gasteiger partial charge in [0.15, 0.2) is 0 Å². The highest BCUT2D eigenvalue weighted by Crippen LogP contribution is 2.41. The summed E-state index contributed by atoms with van der Waals surface area (Å²) in [5.74, 6) is 0.661. The van der Waals surface area contributed by atoms with Gasteiger partial charge in [-0.2, -0.15) is 0 Å². The largest absolute Gasteiger partial charge is 0.385 e. The van der Waals surface area contributed by atoms with Crippen molar-refractivity contribution >= 4 is 17.1 Å². The molecule has 0 heterocycles. The average Bonchev–Trinajstić information content (AvgIpc) is 3.12.